The standard InChI is InChI=1S/C20H38N6O3/c1-8-10-16(25-18(27)29-19(3,4)5)12-22-17(21-9-2)23-14-20(6,28)15-11-24-26(7)13-15/h11,13,16,28H,8-10,12,14H2,1-7H3,(H,25,27)(H2,21,22,23). The van der Waals surface area contributed by atoms with Gasteiger partial charge in [-0.15, -0.1) is 0 Å². The Labute approximate surface area is 174 Å². The Morgan fingerprint density at radius 1 is 1.31 bits per heavy atom. The molecule has 0 saturated carbocycles. The number of carbonyl (C=O) groups excluding carboxylic acids is 1. The van der Waals surface area contributed by atoms with Crippen molar-refractivity contribution in [2.45, 2.75) is 71.6 Å². The molecule has 0 aliphatic heterocycles. The molecule has 0 aliphatic rings. The number of hydrogen-bond donors (Lipinski definition) is 4. The number of nitrogens with one attached hydrogen (secondary N) is 3. The highest BCUT2D eigenvalue weighted by molar-refractivity contribution is 5.80. The van der Waals surface area contributed by atoms with Crippen LogP contribution in [0.2, 0.25) is 0 Å². The topological polar surface area (TPSA) is 113 Å². The number of aryl methyl sites for hydroxylation is 1. The SMILES string of the molecule is CCCC(CNC(=NCC(C)(O)c1cnn(C)c1)NCC)NC(=O)OC(C)(C)C. The lowest BCUT2D eigenvalue weighted by atomic mass is 10.0. The first-order chi connectivity index (χ1) is 13.5. The molecule has 1 heterocycles. The maximum Gasteiger partial charge on any atom is 0.407 e. The van der Waals surface area contributed by atoms with Gasteiger partial charge in [-0.3, -0.25) is 4.68 Å². The van der Waals surface area contributed by atoms with Gasteiger partial charge in [-0.25, -0.2) is 9.79 Å². The summed E-state index contributed by atoms with van der Waals surface area (Å²) in [6.07, 6.45) is 4.71. The van der Waals surface area contributed by atoms with E-state index in [0.717, 1.165) is 12.8 Å². The molecule has 9 nitrogen and oxygen atoms in total. The van der Waals surface area contributed by atoms with Gasteiger partial charge in [0.15, 0.2) is 5.96 Å². The predicted molar refractivity (Wildman–Crippen MR) is 115 cm³/mol. The molecule has 1 aromatic heterocycles. The normalized spacial score (nSPS) is 15.4. The largest absolute Gasteiger partial charge is 0.444 e. The molecule has 0 aromatic carbocycles. The fraction of sp³-hybridized carbons (Fsp3) is 0.750. The summed E-state index contributed by atoms with van der Waals surface area (Å²) in [6, 6.07) is -0.0995. The van der Waals surface area contributed by atoms with Crippen LogP contribution in [-0.4, -0.2) is 58.2 Å². The van der Waals surface area contributed by atoms with E-state index in [9.17, 15) is 9.90 Å². The predicted octanol–water partition coefficient (Wildman–Crippen LogP) is 1.88. The fourth-order valence-electron chi connectivity index (χ4n) is 2.63. The maximum atomic E-state index is 12.1. The molecule has 0 spiro atoms. The third kappa shape index (κ3) is 9.65. The molecule has 1 aromatic rings. The van der Waals surface area contributed by atoms with E-state index in [0.29, 0.717) is 24.6 Å². The molecule has 0 fully saturated rings. The quantitative estimate of drug-likeness (QED) is 0.365. The van der Waals surface area contributed by atoms with Crippen LogP contribution in [0.1, 0.15) is 59.9 Å². The number of aliphatic hydroxyl groups is 1. The second kappa shape index (κ2) is 11.0. The van der Waals surface area contributed by atoms with Crippen molar-refractivity contribution in [3.8, 4) is 0 Å². The Bertz CT molecular complexity index is 663. The molecule has 2 unspecified atom stereocenters. The van der Waals surface area contributed by atoms with Gasteiger partial charge in [0, 0.05) is 37.9 Å². The van der Waals surface area contributed by atoms with E-state index in [1.807, 2.05) is 27.7 Å². The minimum Gasteiger partial charge on any atom is -0.444 e. The number of aliphatic imine (C=N–C) groups is 1. The van der Waals surface area contributed by atoms with E-state index in [4.69, 9.17) is 4.74 Å². The van der Waals surface area contributed by atoms with Crippen LogP contribution in [0.15, 0.2) is 17.4 Å². The minimum absolute atomic E-state index is 0.0995. The van der Waals surface area contributed by atoms with E-state index in [-0.39, 0.29) is 12.6 Å². The zero-order valence-electron chi connectivity index (χ0n) is 18.9. The highest BCUT2D eigenvalue weighted by Gasteiger charge is 2.25. The first-order valence-electron chi connectivity index (χ1n) is 10.2. The number of hydrogen-bond acceptors (Lipinski definition) is 5. The molecule has 2 atom stereocenters. The van der Waals surface area contributed by atoms with Crippen LogP contribution in [0, 0.1) is 0 Å². The fourth-order valence-corrected chi connectivity index (χ4v) is 2.63. The van der Waals surface area contributed by atoms with Gasteiger partial charge in [-0.2, -0.15) is 5.10 Å². The van der Waals surface area contributed by atoms with Crippen molar-refractivity contribution in [3.05, 3.63) is 18.0 Å². The highest BCUT2D eigenvalue weighted by Crippen LogP contribution is 2.19. The Morgan fingerprint density at radius 3 is 2.52 bits per heavy atom. The summed E-state index contributed by atoms with van der Waals surface area (Å²) in [7, 11) is 1.81. The van der Waals surface area contributed by atoms with E-state index < -0.39 is 17.3 Å². The minimum atomic E-state index is -1.13. The molecule has 166 valence electrons. The summed E-state index contributed by atoms with van der Waals surface area (Å²) < 4.78 is 6.99. The van der Waals surface area contributed by atoms with Gasteiger partial charge >= 0.3 is 6.09 Å². The summed E-state index contributed by atoms with van der Waals surface area (Å²) in [5.41, 5.74) is -0.966. The second-order valence-corrected chi connectivity index (χ2v) is 8.38. The summed E-state index contributed by atoms with van der Waals surface area (Å²) in [6.45, 7) is 12.6. The molecule has 0 bridgehead atoms. The Balaban J connectivity index is 2.72. The van der Waals surface area contributed by atoms with Crippen LogP contribution in [0.5, 0.6) is 0 Å². The van der Waals surface area contributed by atoms with Gasteiger partial charge < -0.3 is 25.8 Å². The van der Waals surface area contributed by atoms with Crippen LogP contribution in [-0.2, 0) is 17.4 Å². The number of nitrogens with zero attached hydrogens (tertiary/aromatic N) is 3. The van der Waals surface area contributed by atoms with Gasteiger partial charge in [0.2, 0.25) is 0 Å². The molecule has 1 amide bonds. The second-order valence-electron chi connectivity index (χ2n) is 8.38. The summed E-state index contributed by atoms with van der Waals surface area (Å²) in [5.74, 6) is 0.573. The van der Waals surface area contributed by atoms with Gasteiger partial charge in [0.1, 0.15) is 11.2 Å². The summed E-state index contributed by atoms with van der Waals surface area (Å²) in [4.78, 5) is 16.6. The highest BCUT2D eigenvalue weighted by atomic mass is 16.6. The number of guanidine groups is 1. The van der Waals surface area contributed by atoms with E-state index in [1.54, 1.807) is 31.0 Å². The van der Waals surface area contributed by atoms with Gasteiger partial charge in [0.05, 0.1) is 12.7 Å². The Hall–Kier alpha value is -2.29. The molecule has 1 rings (SSSR count). The smallest absolute Gasteiger partial charge is 0.407 e. The van der Waals surface area contributed by atoms with Crippen LogP contribution in [0.4, 0.5) is 4.79 Å². The van der Waals surface area contributed by atoms with Crippen molar-refractivity contribution in [2.24, 2.45) is 12.0 Å². The number of carbonyl (C=O) groups is 1. The van der Waals surface area contributed by atoms with E-state index >= 15 is 0 Å². The molecule has 29 heavy (non-hydrogen) atoms. The van der Waals surface area contributed by atoms with Gasteiger partial charge in [0.25, 0.3) is 0 Å². The number of rotatable bonds is 9. The average molecular weight is 411 g/mol. The summed E-state index contributed by atoms with van der Waals surface area (Å²) >= 11 is 0. The van der Waals surface area contributed by atoms with Gasteiger partial charge in [-0.1, -0.05) is 13.3 Å². The first-order valence-corrected chi connectivity index (χ1v) is 10.2. The molecule has 9 heteroatoms. The lowest BCUT2D eigenvalue weighted by molar-refractivity contribution is 0.0502. The average Bonchev–Trinajstić information content (AvgIpc) is 3.03. The van der Waals surface area contributed by atoms with Crippen molar-refractivity contribution in [1.82, 2.24) is 25.7 Å². The first kappa shape index (κ1) is 24.7. The molecular formula is C20H38N6O3. The van der Waals surface area contributed by atoms with Crippen molar-refractivity contribution in [2.75, 3.05) is 19.6 Å². The number of alkyl carbamates (subject to hydrolysis) is 1. The lowest BCUT2D eigenvalue weighted by Gasteiger charge is -2.25. The zero-order valence-corrected chi connectivity index (χ0v) is 18.9. The van der Waals surface area contributed by atoms with Crippen LogP contribution in [0.25, 0.3) is 0 Å². The monoisotopic (exact) mass is 410 g/mol. The van der Waals surface area contributed by atoms with Crippen molar-refractivity contribution in [1.29, 1.82) is 0 Å². The molecule has 0 aliphatic carbocycles. The van der Waals surface area contributed by atoms with Gasteiger partial charge in [-0.05, 0) is 41.0 Å². The third-order valence-corrected chi connectivity index (χ3v) is 4.09. The molecule has 0 saturated heterocycles. The number of ether oxygens (including phenoxy) is 1. The number of amides is 1. The molecular weight excluding hydrogens is 372 g/mol. The zero-order chi connectivity index (χ0) is 22.1. The summed E-state index contributed by atoms with van der Waals surface area (Å²) in [5, 5.41) is 24.1. The molecule has 0 radical (unpaired) electrons. The molecule has 4 N–H and O–H groups in total. The lowest BCUT2D eigenvalue weighted by Crippen LogP contribution is -2.48. The van der Waals surface area contributed by atoms with Crippen LogP contribution >= 0.6 is 0 Å². The third-order valence-electron chi connectivity index (χ3n) is 4.09. The van der Waals surface area contributed by atoms with Crippen molar-refractivity contribution in [3.63, 3.8) is 0 Å². The van der Waals surface area contributed by atoms with Crippen LogP contribution in [0.3, 0.4) is 0 Å². The van der Waals surface area contributed by atoms with Crippen molar-refractivity contribution >= 4 is 12.1 Å². The maximum absolute atomic E-state index is 12.1. The van der Waals surface area contributed by atoms with E-state index in [1.165, 1.54) is 0 Å². The van der Waals surface area contributed by atoms with Crippen LogP contribution < -0.4 is 16.0 Å². The van der Waals surface area contributed by atoms with E-state index in [2.05, 4.69) is 33.0 Å². The van der Waals surface area contributed by atoms with Crippen molar-refractivity contribution < 1.29 is 14.6 Å². The Morgan fingerprint density at radius 2 is 2.00 bits per heavy atom. The Kier molecular flexibility index (Phi) is 9.42. The number of aromatic nitrogens is 2.